The van der Waals surface area contributed by atoms with Crippen LogP contribution in [0.3, 0.4) is 0 Å². The molecule has 130 valence electrons. The van der Waals surface area contributed by atoms with Crippen LogP contribution in [0.2, 0.25) is 0 Å². The van der Waals surface area contributed by atoms with Crippen molar-refractivity contribution in [3.8, 4) is 5.75 Å². The first-order valence-corrected chi connectivity index (χ1v) is 7.38. The third kappa shape index (κ3) is 3.42. The van der Waals surface area contributed by atoms with Gasteiger partial charge in [-0.3, -0.25) is 14.5 Å². The summed E-state index contributed by atoms with van der Waals surface area (Å²) >= 11 is 0. The molecule has 1 aliphatic rings. The number of pyridine rings is 1. The molecule has 10 heteroatoms. The topological polar surface area (TPSA) is 128 Å². The van der Waals surface area contributed by atoms with Crippen molar-refractivity contribution in [1.29, 1.82) is 0 Å². The van der Waals surface area contributed by atoms with Crippen molar-refractivity contribution in [3.05, 3.63) is 46.4 Å². The fraction of sp³-hybridized carbons (Fsp3) is 0.267. The summed E-state index contributed by atoms with van der Waals surface area (Å²) in [7, 11) is 0. The zero-order chi connectivity index (χ0) is 18.0. The molecule has 25 heavy (non-hydrogen) atoms. The highest BCUT2D eigenvalue weighted by Gasteiger charge is 2.37. The van der Waals surface area contributed by atoms with Gasteiger partial charge in [0.05, 0.1) is 12.8 Å². The average Bonchev–Trinajstić information content (AvgIpc) is 3.10. The average molecular weight is 346 g/mol. The van der Waals surface area contributed by atoms with Gasteiger partial charge in [-0.15, -0.1) is 0 Å². The lowest BCUT2D eigenvalue weighted by Gasteiger charge is -2.28. The van der Waals surface area contributed by atoms with Crippen LogP contribution in [0.25, 0.3) is 0 Å². The fourth-order valence-corrected chi connectivity index (χ4v) is 2.33. The van der Waals surface area contributed by atoms with Crippen molar-refractivity contribution in [3.63, 3.8) is 0 Å². The number of nitro groups is 1. The molecule has 2 aromatic rings. The Balaban J connectivity index is 1.79. The smallest absolute Gasteiger partial charge is 0.366 e. The van der Waals surface area contributed by atoms with Crippen LogP contribution in [0, 0.1) is 10.1 Å². The summed E-state index contributed by atoms with van der Waals surface area (Å²) < 4.78 is 10.5. The maximum absolute atomic E-state index is 12.3. The van der Waals surface area contributed by atoms with Gasteiger partial charge >= 0.3 is 5.82 Å². The molecular formula is C15H14N4O6. The molecule has 0 bridgehead atoms. The maximum Gasteiger partial charge on any atom is 0.366 e. The van der Waals surface area contributed by atoms with Crippen LogP contribution in [0.1, 0.15) is 12.7 Å². The highest BCUT2D eigenvalue weighted by atomic mass is 16.6. The van der Waals surface area contributed by atoms with Crippen LogP contribution >= 0.6 is 0 Å². The molecule has 2 amide bonds. The molecule has 0 saturated heterocycles. The van der Waals surface area contributed by atoms with Gasteiger partial charge < -0.3 is 24.6 Å². The lowest BCUT2D eigenvalue weighted by Crippen LogP contribution is -2.49. The molecule has 0 fully saturated rings. The summed E-state index contributed by atoms with van der Waals surface area (Å²) in [6, 6.07) is 5.92. The van der Waals surface area contributed by atoms with Gasteiger partial charge in [0.15, 0.2) is 11.9 Å². The number of hydrogen-bond acceptors (Lipinski definition) is 7. The molecule has 0 aromatic carbocycles. The van der Waals surface area contributed by atoms with E-state index in [4.69, 9.17) is 9.15 Å². The SMILES string of the molecule is CC1Oc2ccc([N+](=O)[O-])nc2N(CC(=O)NCc2ccco2)C1=O. The molecule has 0 radical (unpaired) electrons. The van der Waals surface area contributed by atoms with Crippen molar-refractivity contribution in [2.75, 3.05) is 11.4 Å². The molecule has 0 aliphatic carbocycles. The van der Waals surface area contributed by atoms with E-state index in [1.54, 1.807) is 12.1 Å². The second kappa shape index (κ2) is 6.59. The van der Waals surface area contributed by atoms with E-state index in [0.717, 1.165) is 4.90 Å². The van der Waals surface area contributed by atoms with E-state index in [-0.39, 0.29) is 24.7 Å². The summed E-state index contributed by atoms with van der Waals surface area (Å²) in [5.74, 6) is -0.691. The monoisotopic (exact) mass is 346 g/mol. The largest absolute Gasteiger partial charge is 0.475 e. The van der Waals surface area contributed by atoms with Crippen LogP contribution < -0.4 is 15.0 Å². The van der Waals surface area contributed by atoms with E-state index in [1.165, 1.54) is 25.3 Å². The van der Waals surface area contributed by atoms with Crippen molar-refractivity contribution in [1.82, 2.24) is 10.3 Å². The summed E-state index contributed by atoms with van der Waals surface area (Å²) in [5, 5.41) is 13.5. The molecule has 1 atom stereocenters. The maximum atomic E-state index is 12.3. The number of carbonyl (C=O) groups is 2. The number of nitrogens with zero attached hydrogens (tertiary/aromatic N) is 3. The summed E-state index contributed by atoms with van der Waals surface area (Å²) in [4.78, 5) is 39.6. The summed E-state index contributed by atoms with van der Waals surface area (Å²) in [6.07, 6.45) is 0.655. The number of carbonyl (C=O) groups excluding carboxylic acids is 2. The minimum absolute atomic E-state index is 0.0505. The molecule has 0 spiro atoms. The van der Waals surface area contributed by atoms with Gasteiger partial charge in [0.1, 0.15) is 12.3 Å². The number of aromatic nitrogens is 1. The fourth-order valence-electron chi connectivity index (χ4n) is 2.33. The Hall–Kier alpha value is -3.43. The van der Waals surface area contributed by atoms with Crippen molar-refractivity contribution in [2.24, 2.45) is 0 Å². The van der Waals surface area contributed by atoms with E-state index < -0.39 is 28.7 Å². The first-order chi connectivity index (χ1) is 12.0. The van der Waals surface area contributed by atoms with Gasteiger partial charge in [-0.25, -0.2) is 0 Å². The highest BCUT2D eigenvalue weighted by molar-refractivity contribution is 6.02. The molecule has 3 heterocycles. The van der Waals surface area contributed by atoms with Gasteiger partial charge in [0.25, 0.3) is 11.7 Å². The van der Waals surface area contributed by atoms with Gasteiger partial charge in [-0.05, 0) is 35.0 Å². The first kappa shape index (κ1) is 16.4. The predicted molar refractivity (Wildman–Crippen MR) is 83.9 cm³/mol. The Morgan fingerprint density at radius 2 is 2.24 bits per heavy atom. The third-order valence-corrected chi connectivity index (χ3v) is 3.53. The van der Waals surface area contributed by atoms with Crippen molar-refractivity contribution in [2.45, 2.75) is 19.6 Å². The second-order valence-corrected chi connectivity index (χ2v) is 5.29. The molecule has 10 nitrogen and oxygen atoms in total. The minimum atomic E-state index is -0.825. The van der Waals surface area contributed by atoms with Crippen molar-refractivity contribution < 1.29 is 23.7 Å². The Labute approximate surface area is 141 Å². The third-order valence-electron chi connectivity index (χ3n) is 3.53. The van der Waals surface area contributed by atoms with Crippen LogP contribution in [-0.2, 0) is 16.1 Å². The molecule has 0 saturated carbocycles. The normalized spacial score (nSPS) is 16.1. The molecule has 3 rings (SSSR count). The summed E-state index contributed by atoms with van der Waals surface area (Å²) in [5.41, 5.74) is 0. The Morgan fingerprint density at radius 1 is 1.44 bits per heavy atom. The number of nitrogens with one attached hydrogen (secondary N) is 1. The van der Waals surface area contributed by atoms with Gasteiger partial charge in [0.2, 0.25) is 5.91 Å². The quantitative estimate of drug-likeness (QED) is 0.632. The van der Waals surface area contributed by atoms with E-state index in [9.17, 15) is 19.7 Å². The van der Waals surface area contributed by atoms with Crippen molar-refractivity contribution >= 4 is 23.5 Å². The number of hydrogen-bond donors (Lipinski definition) is 1. The first-order valence-electron chi connectivity index (χ1n) is 7.38. The van der Waals surface area contributed by atoms with E-state index in [1.807, 2.05) is 0 Å². The van der Waals surface area contributed by atoms with E-state index in [2.05, 4.69) is 10.3 Å². The lowest BCUT2D eigenvalue weighted by atomic mass is 10.2. The van der Waals surface area contributed by atoms with Crippen LogP contribution in [0.5, 0.6) is 5.75 Å². The number of furan rings is 1. The molecule has 1 unspecified atom stereocenters. The number of fused-ring (bicyclic) bond motifs is 1. The predicted octanol–water partition coefficient (Wildman–Crippen LogP) is 1.01. The second-order valence-electron chi connectivity index (χ2n) is 5.29. The Morgan fingerprint density at radius 3 is 2.92 bits per heavy atom. The number of ether oxygens (including phenoxy) is 1. The molecule has 1 N–H and O–H groups in total. The minimum Gasteiger partial charge on any atom is -0.475 e. The molecule has 2 aromatic heterocycles. The Bertz CT molecular complexity index is 819. The molecular weight excluding hydrogens is 332 g/mol. The summed E-state index contributed by atoms with van der Waals surface area (Å²) in [6.45, 7) is 1.35. The number of rotatable bonds is 5. The number of anilines is 1. The van der Waals surface area contributed by atoms with Gasteiger partial charge in [-0.2, -0.15) is 0 Å². The molecule has 1 aliphatic heterocycles. The highest BCUT2D eigenvalue weighted by Crippen LogP contribution is 2.33. The van der Waals surface area contributed by atoms with Crippen LogP contribution in [-0.4, -0.2) is 34.4 Å². The number of amides is 2. The zero-order valence-corrected chi connectivity index (χ0v) is 13.2. The Kier molecular flexibility index (Phi) is 4.33. The van der Waals surface area contributed by atoms with Crippen LogP contribution in [0.4, 0.5) is 11.6 Å². The van der Waals surface area contributed by atoms with Gasteiger partial charge in [0, 0.05) is 6.07 Å². The van der Waals surface area contributed by atoms with E-state index >= 15 is 0 Å². The standard InChI is InChI=1S/C15H14N4O6/c1-9-15(21)18(8-13(20)16-7-10-3-2-6-24-10)14-11(25-9)4-5-12(17-14)19(22)23/h2-6,9H,7-8H2,1H3,(H,16,20). The van der Waals surface area contributed by atoms with E-state index in [0.29, 0.717) is 5.76 Å². The zero-order valence-electron chi connectivity index (χ0n) is 13.2. The van der Waals surface area contributed by atoms with Gasteiger partial charge in [-0.1, -0.05) is 0 Å². The van der Waals surface area contributed by atoms with Crippen LogP contribution in [0.15, 0.2) is 34.9 Å². The lowest BCUT2D eigenvalue weighted by molar-refractivity contribution is -0.389.